The van der Waals surface area contributed by atoms with E-state index in [1.54, 1.807) is 6.20 Å². The van der Waals surface area contributed by atoms with Gasteiger partial charge < -0.3 is 26.2 Å². The minimum absolute atomic E-state index is 0.231. The number of benzene rings is 5. The maximum Gasteiger partial charge on any atom is 0.490 e. The molecule has 5 aromatic carbocycles. The standard InChI is InChI=1S/C48H48N4O4.C2HF3O2/c53-45(26-14-16-34-50-44-25-13-15-33-49-44)51-42(47(56)52-43(35-46(54)55)38-29-27-37(28-30-38)36-17-5-1-6-18-36)31-32-48(39-19-7-2-8-20-39,40-21-9-3-10-22-40)41-23-11-4-12-24-41;3-2(4,5)1(6)7/h1-13,15,17-25,27-30,33,42-43H,14,16,26,31-32,34-35H2,(H,49,50)(H,51,53)(H,52,56)(H,54,55);(H,6,7)/t42-,43?;/m0./s1. The molecule has 0 radical (unpaired) electrons. The second-order valence-electron chi connectivity index (χ2n) is 14.7. The molecule has 326 valence electrons. The Kier molecular flexibility index (Phi) is 17.1. The van der Waals surface area contributed by atoms with Crippen LogP contribution in [0.2, 0.25) is 0 Å². The van der Waals surface area contributed by atoms with E-state index in [2.05, 4.69) is 57.3 Å². The second kappa shape index (κ2) is 23.1. The van der Waals surface area contributed by atoms with Gasteiger partial charge in [0, 0.05) is 24.6 Å². The number of rotatable bonds is 19. The fourth-order valence-electron chi connectivity index (χ4n) is 7.33. The number of amides is 2. The molecule has 0 spiro atoms. The Labute approximate surface area is 364 Å². The van der Waals surface area contributed by atoms with Gasteiger partial charge in [0.2, 0.25) is 11.8 Å². The summed E-state index contributed by atoms with van der Waals surface area (Å²) in [5, 5.41) is 26.4. The summed E-state index contributed by atoms with van der Waals surface area (Å²) >= 11 is 0. The van der Waals surface area contributed by atoms with Crippen molar-refractivity contribution >= 4 is 29.6 Å². The average molecular weight is 859 g/mol. The molecule has 0 saturated carbocycles. The number of alkyl halides is 3. The summed E-state index contributed by atoms with van der Waals surface area (Å²) in [6.45, 7) is 0.655. The number of nitrogens with zero attached hydrogens (tertiary/aromatic N) is 1. The van der Waals surface area contributed by atoms with Crippen molar-refractivity contribution in [3.63, 3.8) is 0 Å². The molecule has 0 fully saturated rings. The number of carboxylic acids is 2. The molecular formula is C50H49F3N4O6. The van der Waals surface area contributed by atoms with Crippen molar-refractivity contribution in [2.75, 3.05) is 11.9 Å². The molecule has 63 heavy (non-hydrogen) atoms. The second-order valence-corrected chi connectivity index (χ2v) is 14.7. The molecule has 0 saturated heterocycles. The van der Waals surface area contributed by atoms with Gasteiger partial charge >= 0.3 is 18.1 Å². The van der Waals surface area contributed by atoms with Crippen LogP contribution in [-0.2, 0) is 24.6 Å². The summed E-state index contributed by atoms with van der Waals surface area (Å²) in [5.74, 6) is -3.70. The molecule has 1 unspecified atom stereocenters. The Bertz CT molecular complexity index is 2240. The van der Waals surface area contributed by atoms with E-state index in [0.29, 0.717) is 24.9 Å². The van der Waals surface area contributed by atoms with Crippen LogP contribution in [0.15, 0.2) is 170 Å². The van der Waals surface area contributed by atoms with E-state index in [0.717, 1.165) is 40.1 Å². The summed E-state index contributed by atoms with van der Waals surface area (Å²) in [4.78, 5) is 53.4. The Morgan fingerprint density at radius 3 is 1.57 bits per heavy atom. The predicted octanol–water partition coefficient (Wildman–Crippen LogP) is 9.60. The normalized spacial score (nSPS) is 12.1. The van der Waals surface area contributed by atoms with E-state index in [1.165, 1.54) is 0 Å². The third-order valence-electron chi connectivity index (χ3n) is 10.4. The van der Waals surface area contributed by atoms with Gasteiger partial charge in [-0.05, 0) is 71.2 Å². The van der Waals surface area contributed by atoms with E-state index in [4.69, 9.17) is 9.90 Å². The molecule has 1 heterocycles. The highest BCUT2D eigenvalue weighted by molar-refractivity contribution is 5.88. The van der Waals surface area contributed by atoms with Crippen molar-refractivity contribution in [2.45, 2.75) is 62.2 Å². The van der Waals surface area contributed by atoms with Crippen LogP contribution in [-0.4, -0.2) is 57.7 Å². The largest absolute Gasteiger partial charge is 0.490 e. The van der Waals surface area contributed by atoms with Gasteiger partial charge in [0.1, 0.15) is 11.9 Å². The third-order valence-corrected chi connectivity index (χ3v) is 10.4. The van der Waals surface area contributed by atoms with Crippen LogP contribution in [0.1, 0.15) is 66.8 Å². The molecule has 1 aromatic heterocycles. The quantitative estimate of drug-likeness (QED) is 0.0398. The Balaban J connectivity index is 0.000000985. The number of aromatic nitrogens is 1. The smallest absolute Gasteiger partial charge is 0.481 e. The molecule has 10 nitrogen and oxygen atoms in total. The molecule has 13 heteroatoms. The average Bonchev–Trinajstić information content (AvgIpc) is 3.30. The molecule has 2 amide bonds. The number of nitrogens with one attached hydrogen (secondary N) is 3. The van der Waals surface area contributed by atoms with Gasteiger partial charge in [0.15, 0.2) is 0 Å². The highest BCUT2D eigenvalue weighted by atomic mass is 19.4. The van der Waals surface area contributed by atoms with Crippen LogP contribution in [0.25, 0.3) is 11.1 Å². The lowest BCUT2D eigenvalue weighted by Crippen LogP contribution is -2.48. The number of anilines is 1. The van der Waals surface area contributed by atoms with Gasteiger partial charge in [-0.1, -0.05) is 152 Å². The lowest BCUT2D eigenvalue weighted by molar-refractivity contribution is -0.192. The highest BCUT2D eigenvalue weighted by Gasteiger charge is 2.39. The number of hydrogen-bond acceptors (Lipinski definition) is 6. The number of pyridine rings is 1. The number of carbonyl (C=O) groups excluding carboxylic acids is 2. The number of hydrogen-bond donors (Lipinski definition) is 5. The van der Waals surface area contributed by atoms with Crippen LogP contribution in [0.3, 0.4) is 0 Å². The first-order valence-corrected chi connectivity index (χ1v) is 20.5. The van der Waals surface area contributed by atoms with Gasteiger partial charge in [0.25, 0.3) is 0 Å². The van der Waals surface area contributed by atoms with Gasteiger partial charge in [-0.15, -0.1) is 0 Å². The maximum absolute atomic E-state index is 14.5. The zero-order chi connectivity index (χ0) is 45.1. The fraction of sp³-hybridized carbons (Fsp3) is 0.220. The summed E-state index contributed by atoms with van der Waals surface area (Å²) in [5.41, 5.74) is 5.21. The predicted molar refractivity (Wildman–Crippen MR) is 236 cm³/mol. The lowest BCUT2D eigenvalue weighted by atomic mass is 9.66. The van der Waals surface area contributed by atoms with E-state index >= 15 is 0 Å². The Morgan fingerprint density at radius 2 is 1.10 bits per heavy atom. The van der Waals surface area contributed by atoms with Crippen LogP contribution in [0, 0.1) is 0 Å². The van der Waals surface area contributed by atoms with Crippen molar-refractivity contribution < 1.29 is 42.6 Å². The molecule has 0 bridgehead atoms. The SMILES string of the molecule is O=C(O)C(F)(F)F.O=C(O)CC(NC(=O)[C@H](CCC(c1ccccc1)(c1ccccc1)c1ccccc1)NC(=O)CCCCNc1ccccn1)c1ccc(-c2ccccc2)cc1. The highest BCUT2D eigenvalue weighted by Crippen LogP contribution is 2.43. The number of unbranched alkanes of at least 4 members (excludes halogenated alkanes) is 1. The van der Waals surface area contributed by atoms with Gasteiger partial charge in [-0.3, -0.25) is 14.4 Å². The first kappa shape index (κ1) is 46.8. The van der Waals surface area contributed by atoms with Crippen molar-refractivity contribution in [2.24, 2.45) is 0 Å². The Hall–Kier alpha value is -7.28. The fourth-order valence-corrected chi connectivity index (χ4v) is 7.33. The molecule has 0 aliphatic heterocycles. The molecular weight excluding hydrogens is 810 g/mol. The van der Waals surface area contributed by atoms with Crippen molar-refractivity contribution in [1.29, 1.82) is 0 Å². The minimum Gasteiger partial charge on any atom is -0.481 e. The van der Waals surface area contributed by atoms with Gasteiger partial charge in [0.05, 0.1) is 12.5 Å². The summed E-state index contributed by atoms with van der Waals surface area (Å²) in [6.07, 6.45) is -1.34. The van der Waals surface area contributed by atoms with Crippen LogP contribution in [0.4, 0.5) is 19.0 Å². The zero-order valence-corrected chi connectivity index (χ0v) is 34.4. The van der Waals surface area contributed by atoms with Crippen molar-refractivity contribution in [3.05, 3.63) is 192 Å². The van der Waals surface area contributed by atoms with Crippen LogP contribution < -0.4 is 16.0 Å². The zero-order valence-electron chi connectivity index (χ0n) is 34.4. The molecule has 2 atom stereocenters. The summed E-state index contributed by atoms with van der Waals surface area (Å²) in [6, 6.07) is 52.1. The van der Waals surface area contributed by atoms with Crippen LogP contribution >= 0.6 is 0 Å². The topological polar surface area (TPSA) is 158 Å². The Morgan fingerprint density at radius 1 is 0.603 bits per heavy atom. The lowest BCUT2D eigenvalue weighted by Gasteiger charge is -2.37. The molecule has 5 N–H and O–H groups in total. The van der Waals surface area contributed by atoms with E-state index in [1.807, 2.05) is 127 Å². The number of aliphatic carboxylic acids is 2. The van der Waals surface area contributed by atoms with Crippen molar-refractivity contribution in [3.8, 4) is 11.1 Å². The van der Waals surface area contributed by atoms with Crippen molar-refractivity contribution in [1.82, 2.24) is 15.6 Å². The van der Waals surface area contributed by atoms with Crippen LogP contribution in [0.5, 0.6) is 0 Å². The maximum atomic E-state index is 14.5. The number of halogens is 3. The molecule has 0 aliphatic rings. The number of carboxylic acid groups (broad SMARTS) is 2. The molecule has 6 rings (SSSR count). The number of carbonyl (C=O) groups is 4. The van der Waals surface area contributed by atoms with E-state index in [9.17, 15) is 32.7 Å². The minimum atomic E-state index is -5.08. The monoisotopic (exact) mass is 858 g/mol. The summed E-state index contributed by atoms with van der Waals surface area (Å²) in [7, 11) is 0. The van der Waals surface area contributed by atoms with Gasteiger partial charge in [-0.25, -0.2) is 9.78 Å². The first-order valence-electron chi connectivity index (χ1n) is 20.5. The first-order chi connectivity index (χ1) is 30.4. The van der Waals surface area contributed by atoms with E-state index < -0.39 is 41.5 Å². The summed E-state index contributed by atoms with van der Waals surface area (Å²) < 4.78 is 31.7. The third kappa shape index (κ3) is 13.9. The van der Waals surface area contributed by atoms with E-state index in [-0.39, 0.29) is 25.2 Å². The molecule has 6 aromatic rings. The molecule has 0 aliphatic carbocycles. The van der Waals surface area contributed by atoms with Gasteiger partial charge in [-0.2, -0.15) is 13.2 Å².